The number of rotatable bonds is 3. The summed E-state index contributed by atoms with van der Waals surface area (Å²) in [5, 5.41) is 0. The van der Waals surface area contributed by atoms with Crippen LogP contribution in [0.5, 0.6) is 0 Å². The summed E-state index contributed by atoms with van der Waals surface area (Å²) in [6.07, 6.45) is 8.45. The van der Waals surface area contributed by atoms with Crippen LogP contribution >= 0.6 is 0 Å². The molecular weight excluding hydrogens is 236 g/mol. The molecule has 0 spiro atoms. The van der Waals surface area contributed by atoms with Gasteiger partial charge in [-0.1, -0.05) is 12.8 Å². The van der Waals surface area contributed by atoms with Crippen molar-refractivity contribution in [1.29, 1.82) is 0 Å². The highest BCUT2D eigenvalue weighted by Gasteiger charge is 2.33. The fraction of sp³-hybridized carbons (Fsp3) is 0.750. The molecule has 2 heterocycles. The minimum atomic E-state index is 0.512. The first-order chi connectivity index (χ1) is 9.28. The summed E-state index contributed by atoms with van der Waals surface area (Å²) >= 11 is 0. The van der Waals surface area contributed by atoms with Crippen molar-refractivity contribution in [2.75, 3.05) is 6.54 Å². The number of likely N-dealkylation sites (tertiary alicyclic amines) is 1. The molecule has 3 heteroatoms. The Bertz CT molecular complexity index is 424. The minimum Gasteiger partial charge on any atom is -0.463 e. The second-order valence-electron chi connectivity index (χ2n) is 6.25. The molecule has 1 aliphatic carbocycles. The van der Waals surface area contributed by atoms with Gasteiger partial charge in [-0.25, -0.2) is 0 Å². The first-order valence-electron chi connectivity index (χ1n) is 7.80. The molecule has 0 radical (unpaired) electrons. The molecule has 2 aliphatic rings. The molecule has 0 amide bonds. The van der Waals surface area contributed by atoms with Crippen LogP contribution in [0.4, 0.5) is 0 Å². The molecule has 0 aromatic carbocycles. The Kier molecular flexibility index (Phi) is 3.94. The van der Waals surface area contributed by atoms with E-state index in [1.807, 2.05) is 0 Å². The number of hydrogen-bond donors (Lipinski definition) is 1. The van der Waals surface area contributed by atoms with E-state index in [1.54, 1.807) is 0 Å². The number of nitrogens with zero attached hydrogens (tertiary/aromatic N) is 1. The first kappa shape index (κ1) is 13.2. The SMILES string of the molecule is Cc1cc(CN2CCCC3CCCCC32)oc1CN. The van der Waals surface area contributed by atoms with E-state index >= 15 is 0 Å². The van der Waals surface area contributed by atoms with E-state index in [-0.39, 0.29) is 0 Å². The zero-order valence-electron chi connectivity index (χ0n) is 12.0. The Labute approximate surface area is 116 Å². The quantitative estimate of drug-likeness (QED) is 0.909. The van der Waals surface area contributed by atoms with E-state index in [1.165, 1.54) is 50.6 Å². The largest absolute Gasteiger partial charge is 0.463 e. The molecule has 1 saturated carbocycles. The lowest BCUT2D eigenvalue weighted by Gasteiger charge is -2.43. The van der Waals surface area contributed by atoms with E-state index < -0.39 is 0 Å². The van der Waals surface area contributed by atoms with Gasteiger partial charge in [-0.05, 0) is 56.7 Å². The van der Waals surface area contributed by atoms with Gasteiger partial charge in [0, 0.05) is 6.04 Å². The van der Waals surface area contributed by atoms with Gasteiger partial charge >= 0.3 is 0 Å². The number of aryl methyl sites for hydroxylation is 1. The van der Waals surface area contributed by atoms with Crippen molar-refractivity contribution in [3.8, 4) is 0 Å². The summed E-state index contributed by atoms with van der Waals surface area (Å²) in [5.41, 5.74) is 6.90. The molecule has 2 fully saturated rings. The Morgan fingerprint density at radius 3 is 2.84 bits per heavy atom. The summed E-state index contributed by atoms with van der Waals surface area (Å²) in [7, 11) is 0. The second kappa shape index (κ2) is 5.68. The third-order valence-corrected chi connectivity index (χ3v) is 4.97. The molecule has 1 aromatic heterocycles. The van der Waals surface area contributed by atoms with Crippen LogP contribution in [-0.2, 0) is 13.1 Å². The van der Waals surface area contributed by atoms with E-state index in [2.05, 4.69) is 17.9 Å². The Balaban J connectivity index is 1.70. The molecule has 1 aliphatic heterocycles. The highest BCUT2D eigenvalue weighted by molar-refractivity contribution is 5.20. The van der Waals surface area contributed by atoms with E-state index in [9.17, 15) is 0 Å². The maximum absolute atomic E-state index is 5.88. The predicted octanol–water partition coefficient (Wildman–Crippen LogP) is 3.20. The lowest BCUT2D eigenvalue weighted by atomic mass is 9.78. The van der Waals surface area contributed by atoms with Gasteiger partial charge < -0.3 is 10.2 Å². The van der Waals surface area contributed by atoms with Crippen LogP contribution in [0.25, 0.3) is 0 Å². The van der Waals surface area contributed by atoms with Gasteiger partial charge in [0.05, 0.1) is 13.1 Å². The summed E-state index contributed by atoms with van der Waals surface area (Å²) in [6, 6.07) is 2.98. The zero-order valence-corrected chi connectivity index (χ0v) is 12.0. The molecule has 1 aromatic rings. The molecule has 0 bridgehead atoms. The fourth-order valence-corrected chi connectivity index (χ4v) is 4.00. The number of piperidine rings is 1. The molecule has 1 saturated heterocycles. The highest BCUT2D eigenvalue weighted by atomic mass is 16.3. The van der Waals surface area contributed by atoms with Crippen molar-refractivity contribution in [3.05, 3.63) is 23.2 Å². The van der Waals surface area contributed by atoms with Gasteiger partial charge in [0.1, 0.15) is 11.5 Å². The number of furan rings is 1. The van der Waals surface area contributed by atoms with Crippen molar-refractivity contribution < 1.29 is 4.42 Å². The Morgan fingerprint density at radius 2 is 2.05 bits per heavy atom. The van der Waals surface area contributed by atoms with E-state index in [4.69, 9.17) is 10.2 Å². The summed E-state index contributed by atoms with van der Waals surface area (Å²) in [5.74, 6) is 2.99. The van der Waals surface area contributed by atoms with Crippen LogP contribution in [0.1, 0.15) is 55.6 Å². The fourth-order valence-electron chi connectivity index (χ4n) is 4.00. The molecular formula is C16H26N2O. The standard InChI is InChI=1S/C16H26N2O/c1-12-9-14(19-16(12)10-17)11-18-8-4-6-13-5-2-3-7-15(13)18/h9,13,15H,2-8,10-11,17H2,1H3. The van der Waals surface area contributed by atoms with Gasteiger partial charge in [0.15, 0.2) is 0 Å². The molecule has 3 nitrogen and oxygen atoms in total. The normalized spacial score (nSPS) is 28.3. The smallest absolute Gasteiger partial charge is 0.120 e. The van der Waals surface area contributed by atoms with Crippen molar-refractivity contribution >= 4 is 0 Å². The van der Waals surface area contributed by atoms with Crippen molar-refractivity contribution in [1.82, 2.24) is 4.90 Å². The predicted molar refractivity (Wildman–Crippen MR) is 76.7 cm³/mol. The third-order valence-electron chi connectivity index (χ3n) is 4.97. The zero-order chi connectivity index (χ0) is 13.2. The second-order valence-corrected chi connectivity index (χ2v) is 6.25. The third kappa shape index (κ3) is 2.72. The lowest BCUT2D eigenvalue weighted by Crippen LogP contribution is -2.46. The van der Waals surface area contributed by atoms with Crippen molar-refractivity contribution in [2.45, 2.75) is 64.6 Å². The van der Waals surface area contributed by atoms with Crippen molar-refractivity contribution in [3.63, 3.8) is 0 Å². The topological polar surface area (TPSA) is 42.4 Å². The van der Waals surface area contributed by atoms with Crippen LogP contribution in [0.2, 0.25) is 0 Å². The molecule has 2 atom stereocenters. The van der Waals surface area contributed by atoms with Crippen LogP contribution < -0.4 is 5.73 Å². The summed E-state index contributed by atoms with van der Waals surface area (Å²) in [4.78, 5) is 2.66. The highest BCUT2D eigenvalue weighted by Crippen LogP contribution is 2.36. The Morgan fingerprint density at radius 1 is 1.26 bits per heavy atom. The lowest BCUT2D eigenvalue weighted by molar-refractivity contribution is 0.0492. The average Bonchev–Trinajstić information content (AvgIpc) is 2.79. The van der Waals surface area contributed by atoms with Crippen LogP contribution in [0.3, 0.4) is 0 Å². The first-order valence-corrected chi connectivity index (χ1v) is 7.80. The van der Waals surface area contributed by atoms with Gasteiger partial charge in [0.2, 0.25) is 0 Å². The molecule has 2 unspecified atom stereocenters. The van der Waals surface area contributed by atoms with Crippen molar-refractivity contribution in [2.24, 2.45) is 11.7 Å². The maximum atomic E-state index is 5.88. The summed E-state index contributed by atoms with van der Waals surface area (Å²) < 4.78 is 5.88. The number of fused-ring (bicyclic) bond motifs is 1. The number of nitrogens with two attached hydrogens (primary N) is 1. The van der Waals surface area contributed by atoms with Gasteiger partial charge in [-0.3, -0.25) is 4.90 Å². The average molecular weight is 262 g/mol. The van der Waals surface area contributed by atoms with E-state index in [0.717, 1.165) is 30.0 Å². The molecule has 19 heavy (non-hydrogen) atoms. The molecule has 2 N–H and O–H groups in total. The van der Waals surface area contributed by atoms with Gasteiger partial charge in [-0.15, -0.1) is 0 Å². The van der Waals surface area contributed by atoms with Gasteiger partial charge in [-0.2, -0.15) is 0 Å². The number of hydrogen-bond acceptors (Lipinski definition) is 3. The maximum Gasteiger partial charge on any atom is 0.120 e. The molecule has 3 rings (SSSR count). The van der Waals surface area contributed by atoms with Crippen LogP contribution in [0, 0.1) is 12.8 Å². The Hall–Kier alpha value is -0.800. The summed E-state index contributed by atoms with van der Waals surface area (Å²) in [6.45, 7) is 4.81. The van der Waals surface area contributed by atoms with E-state index in [0.29, 0.717) is 6.54 Å². The van der Waals surface area contributed by atoms with Gasteiger partial charge in [0.25, 0.3) is 0 Å². The van der Waals surface area contributed by atoms with Crippen LogP contribution in [-0.4, -0.2) is 17.5 Å². The minimum absolute atomic E-state index is 0.512. The molecule has 106 valence electrons. The van der Waals surface area contributed by atoms with Crippen LogP contribution in [0.15, 0.2) is 10.5 Å². The monoisotopic (exact) mass is 262 g/mol.